The molecule has 3 aromatic rings. The van der Waals surface area contributed by atoms with Gasteiger partial charge in [0.1, 0.15) is 11.4 Å². The van der Waals surface area contributed by atoms with Gasteiger partial charge in [-0.3, -0.25) is 9.59 Å². The molecule has 4 aliphatic heterocycles. The largest absolute Gasteiger partial charge is 0.461 e. The van der Waals surface area contributed by atoms with E-state index in [9.17, 15) is 9.59 Å². The maximum absolute atomic E-state index is 13.0. The topological polar surface area (TPSA) is 101 Å². The van der Waals surface area contributed by atoms with Crippen LogP contribution in [0.4, 0.5) is 22.7 Å². The lowest BCUT2D eigenvalue weighted by molar-refractivity contribution is -0.122. The van der Waals surface area contributed by atoms with Crippen LogP contribution in [0.15, 0.2) is 96.0 Å². The van der Waals surface area contributed by atoms with Crippen LogP contribution in [0.3, 0.4) is 0 Å². The maximum atomic E-state index is 13.0. The predicted octanol–water partition coefficient (Wildman–Crippen LogP) is 4.38. The summed E-state index contributed by atoms with van der Waals surface area (Å²) in [5, 5.41) is 12.7. The van der Waals surface area contributed by atoms with E-state index in [1.165, 1.54) is 0 Å². The molecule has 0 aliphatic carbocycles. The molecule has 0 radical (unpaired) electrons. The average Bonchev–Trinajstić information content (AvgIpc) is 3.37. The molecule has 2 atom stereocenters. The highest BCUT2D eigenvalue weighted by Crippen LogP contribution is 2.41. The molecule has 4 aliphatic rings. The fraction of sp³-hybridized carbons (Fsp3) is 0.0769. The summed E-state index contributed by atoms with van der Waals surface area (Å²) in [5.41, 5.74) is 5.57. The van der Waals surface area contributed by atoms with E-state index < -0.39 is 12.2 Å². The van der Waals surface area contributed by atoms with E-state index in [1.807, 2.05) is 48.5 Å². The fourth-order valence-electron chi connectivity index (χ4n) is 4.57. The SMILES string of the molecule is O=C1C2=C(Nc3ccccc3N2)O[C@@H]1c1ccc([C@H]2OC3=C(Nc4ccccc4N3)C2=O)cc1. The number of carbonyl (C=O) groups excluding carboxylic acids is 2. The van der Waals surface area contributed by atoms with Crippen LogP contribution in [-0.4, -0.2) is 11.6 Å². The van der Waals surface area contributed by atoms with Crippen molar-refractivity contribution in [2.45, 2.75) is 12.2 Å². The van der Waals surface area contributed by atoms with Gasteiger partial charge in [0.15, 0.2) is 12.2 Å². The van der Waals surface area contributed by atoms with Crippen LogP contribution in [0.25, 0.3) is 0 Å². The quantitative estimate of drug-likeness (QED) is 0.456. The lowest BCUT2D eigenvalue weighted by Crippen LogP contribution is -2.18. The Kier molecular flexibility index (Phi) is 3.81. The number of para-hydroxylation sites is 4. The van der Waals surface area contributed by atoms with E-state index in [-0.39, 0.29) is 11.6 Å². The molecule has 8 heteroatoms. The number of fused-ring (bicyclic) bond motifs is 2. The fourth-order valence-corrected chi connectivity index (χ4v) is 4.57. The third-order valence-corrected chi connectivity index (χ3v) is 6.31. The van der Waals surface area contributed by atoms with Crippen molar-refractivity contribution in [1.29, 1.82) is 0 Å². The minimum absolute atomic E-state index is 0.152. The minimum atomic E-state index is -0.766. The van der Waals surface area contributed by atoms with Gasteiger partial charge in [-0.2, -0.15) is 0 Å². The molecule has 0 unspecified atom stereocenters. The molecular formula is C26H18N4O4. The van der Waals surface area contributed by atoms with Crippen molar-refractivity contribution in [3.05, 3.63) is 107 Å². The van der Waals surface area contributed by atoms with E-state index >= 15 is 0 Å². The van der Waals surface area contributed by atoms with Crippen LogP contribution in [0.1, 0.15) is 23.3 Å². The second-order valence-corrected chi connectivity index (χ2v) is 8.39. The molecule has 166 valence electrons. The summed E-state index contributed by atoms with van der Waals surface area (Å²) >= 11 is 0. The lowest BCUT2D eigenvalue weighted by Gasteiger charge is -2.19. The summed E-state index contributed by atoms with van der Waals surface area (Å²) in [7, 11) is 0. The molecule has 0 aromatic heterocycles. The zero-order valence-corrected chi connectivity index (χ0v) is 17.7. The Bertz CT molecular complexity index is 1350. The summed E-state index contributed by atoms with van der Waals surface area (Å²) in [6.45, 7) is 0. The molecular weight excluding hydrogens is 432 g/mol. The highest BCUT2D eigenvalue weighted by molar-refractivity contribution is 6.07. The minimum Gasteiger partial charge on any atom is -0.461 e. The average molecular weight is 450 g/mol. The van der Waals surface area contributed by atoms with Crippen LogP contribution in [0.5, 0.6) is 0 Å². The van der Waals surface area contributed by atoms with Crippen molar-refractivity contribution in [1.82, 2.24) is 0 Å². The number of ketones is 2. The van der Waals surface area contributed by atoms with Gasteiger partial charge in [0.05, 0.1) is 22.7 Å². The first kappa shape index (κ1) is 18.8. The van der Waals surface area contributed by atoms with Gasteiger partial charge < -0.3 is 30.7 Å². The molecule has 7 rings (SSSR count). The summed E-state index contributed by atoms with van der Waals surface area (Å²) in [6.07, 6.45) is -1.53. The van der Waals surface area contributed by atoms with Crippen molar-refractivity contribution < 1.29 is 19.1 Å². The smallest absolute Gasteiger partial charge is 0.229 e. The number of Topliss-reactive ketones (excluding diaryl/α,β-unsaturated/α-hetero) is 2. The summed E-state index contributed by atoms with van der Waals surface area (Å²) in [4.78, 5) is 26.1. The molecule has 4 N–H and O–H groups in total. The highest BCUT2D eigenvalue weighted by atomic mass is 16.5. The number of ether oxygens (including phenoxy) is 2. The molecule has 0 bridgehead atoms. The van der Waals surface area contributed by atoms with Crippen molar-refractivity contribution in [2.24, 2.45) is 0 Å². The van der Waals surface area contributed by atoms with Gasteiger partial charge in [-0.15, -0.1) is 0 Å². The number of nitrogens with one attached hydrogen (secondary N) is 4. The van der Waals surface area contributed by atoms with Crippen LogP contribution < -0.4 is 21.3 Å². The van der Waals surface area contributed by atoms with Crippen molar-refractivity contribution in [3.63, 3.8) is 0 Å². The van der Waals surface area contributed by atoms with Gasteiger partial charge in [-0.25, -0.2) is 0 Å². The number of hydrogen-bond acceptors (Lipinski definition) is 8. The Morgan fingerprint density at radius 1 is 0.500 bits per heavy atom. The zero-order chi connectivity index (χ0) is 22.8. The normalized spacial score (nSPS) is 21.6. The van der Waals surface area contributed by atoms with Crippen LogP contribution >= 0.6 is 0 Å². The summed E-state index contributed by atoms with van der Waals surface area (Å²) in [5.74, 6) is 0.531. The second kappa shape index (κ2) is 6.89. The zero-order valence-electron chi connectivity index (χ0n) is 17.7. The highest BCUT2D eigenvalue weighted by Gasteiger charge is 2.41. The molecule has 0 amide bonds. The molecule has 0 spiro atoms. The number of carbonyl (C=O) groups is 2. The Morgan fingerprint density at radius 3 is 1.24 bits per heavy atom. The van der Waals surface area contributed by atoms with E-state index in [1.54, 1.807) is 24.3 Å². The Hall–Kier alpha value is -4.72. The van der Waals surface area contributed by atoms with Crippen molar-refractivity contribution >= 4 is 34.3 Å². The Labute approximate surface area is 194 Å². The second-order valence-electron chi connectivity index (χ2n) is 8.39. The van der Waals surface area contributed by atoms with Gasteiger partial charge in [-0.1, -0.05) is 48.5 Å². The first-order valence-corrected chi connectivity index (χ1v) is 10.9. The van der Waals surface area contributed by atoms with E-state index in [0.29, 0.717) is 34.3 Å². The van der Waals surface area contributed by atoms with Gasteiger partial charge >= 0.3 is 0 Å². The van der Waals surface area contributed by atoms with Gasteiger partial charge in [0.2, 0.25) is 23.3 Å². The number of benzene rings is 3. The molecule has 0 saturated heterocycles. The summed E-state index contributed by atoms with van der Waals surface area (Å²) in [6, 6.07) is 22.4. The van der Waals surface area contributed by atoms with Crippen LogP contribution in [0, 0.1) is 0 Å². The van der Waals surface area contributed by atoms with E-state index in [2.05, 4.69) is 21.3 Å². The van der Waals surface area contributed by atoms with Crippen LogP contribution in [0.2, 0.25) is 0 Å². The third kappa shape index (κ3) is 2.72. The lowest BCUT2D eigenvalue weighted by atomic mass is 9.99. The molecule has 34 heavy (non-hydrogen) atoms. The number of anilines is 4. The first-order chi connectivity index (χ1) is 16.7. The molecule has 0 saturated carbocycles. The van der Waals surface area contributed by atoms with E-state index in [4.69, 9.17) is 9.47 Å². The number of rotatable bonds is 2. The number of hydrogen-bond donors (Lipinski definition) is 4. The Balaban J connectivity index is 1.09. The monoisotopic (exact) mass is 450 g/mol. The summed E-state index contributed by atoms with van der Waals surface area (Å²) < 4.78 is 11.9. The third-order valence-electron chi connectivity index (χ3n) is 6.31. The molecule has 4 heterocycles. The van der Waals surface area contributed by atoms with E-state index in [0.717, 1.165) is 22.7 Å². The van der Waals surface area contributed by atoms with Crippen molar-refractivity contribution in [3.8, 4) is 0 Å². The van der Waals surface area contributed by atoms with Crippen LogP contribution in [-0.2, 0) is 19.1 Å². The first-order valence-electron chi connectivity index (χ1n) is 10.9. The van der Waals surface area contributed by atoms with Crippen molar-refractivity contribution in [2.75, 3.05) is 21.3 Å². The van der Waals surface area contributed by atoms with Gasteiger partial charge in [0.25, 0.3) is 0 Å². The molecule has 3 aromatic carbocycles. The Morgan fingerprint density at radius 2 is 0.853 bits per heavy atom. The maximum Gasteiger partial charge on any atom is 0.229 e. The standard InChI is InChI=1S/C26H18N4O4/c31-21-19-25(29-17-7-3-1-5-15(17)27-19)33-23(21)13-9-11-14(12-10-13)24-22(32)20-26(34-24)30-18-8-4-2-6-16(18)28-20/h1-12,23-24,27-30H/t23-,24-/m1/s1. The molecule has 8 nitrogen and oxygen atoms in total. The predicted molar refractivity (Wildman–Crippen MR) is 126 cm³/mol. The molecule has 0 fully saturated rings. The van der Waals surface area contributed by atoms with Gasteiger partial charge in [0, 0.05) is 11.1 Å². The van der Waals surface area contributed by atoms with Gasteiger partial charge in [-0.05, 0) is 24.3 Å².